The molecule has 0 aliphatic carbocycles. The first kappa shape index (κ1) is 23.9. The lowest BCUT2D eigenvalue weighted by Gasteiger charge is -2.22. The van der Waals surface area contributed by atoms with Crippen LogP contribution in [0.5, 0.6) is 5.75 Å². The van der Waals surface area contributed by atoms with E-state index in [1.807, 2.05) is 30.3 Å². The van der Waals surface area contributed by atoms with Crippen molar-refractivity contribution in [2.45, 2.75) is 38.5 Å². The number of amides is 1. The maximum atomic E-state index is 13.3. The third kappa shape index (κ3) is 6.85. The predicted molar refractivity (Wildman–Crippen MR) is 119 cm³/mol. The highest BCUT2D eigenvalue weighted by molar-refractivity contribution is 7.89. The summed E-state index contributed by atoms with van der Waals surface area (Å²) in [5.74, 6) is 0.791. The SMILES string of the molecule is COc1ccc(S(=O)(=O)N(CCc2ccccc2)CC(=O)NCCC(C)C)cc1C. The monoisotopic (exact) mass is 432 g/mol. The lowest BCUT2D eigenvalue weighted by molar-refractivity contribution is -0.121. The van der Waals surface area contributed by atoms with Crippen molar-refractivity contribution in [1.29, 1.82) is 0 Å². The van der Waals surface area contributed by atoms with Gasteiger partial charge in [-0.15, -0.1) is 0 Å². The molecule has 0 unspecified atom stereocenters. The number of rotatable bonds is 11. The van der Waals surface area contributed by atoms with Gasteiger partial charge in [-0.3, -0.25) is 4.79 Å². The minimum atomic E-state index is -3.84. The number of benzene rings is 2. The van der Waals surface area contributed by atoms with Crippen LogP contribution < -0.4 is 10.1 Å². The summed E-state index contributed by atoms with van der Waals surface area (Å²) < 4.78 is 33.1. The van der Waals surface area contributed by atoms with E-state index in [0.29, 0.717) is 24.6 Å². The van der Waals surface area contributed by atoms with Crippen LogP contribution in [0, 0.1) is 12.8 Å². The van der Waals surface area contributed by atoms with Crippen molar-refractivity contribution >= 4 is 15.9 Å². The second kappa shape index (κ2) is 11.1. The first-order valence-corrected chi connectivity index (χ1v) is 11.6. The van der Waals surface area contributed by atoms with Gasteiger partial charge in [-0.1, -0.05) is 44.2 Å². The molecule has 1 N–H and O–H groups in total. The number of hydrogen-bond donors (Lipinski definition) is 1. The van der Waals surface area contributed by atoms with Gasteiger partial charge in [-0.2, -0.15) is 4.31 Å². The molecular formula is C23H32N2O4S. The van der Waals surface area contributed by atoms with E-state index in [4.69, 9.17) is 4.74 Å². The van der Waals surface area contributed by atoms with Crippen molar-refractivity contribution < 1.29 is 17.9 Å². The number of nitrogens with zero attached hydrogens (tertiary/aromatic N) is 1. The Kier molecular flexibility index (Phi) is 8.87. The van der Waals surface area contributed by atoms with Crippen LogP contribution in [0.1, 0.15) is 31.4 Å². The molecule has 0 saturated heterocycles. The van der Waals surface area contributed by atoms with Gasteiger partial charge in [0.05, 0.1) is 18.6 Å². The summed E-state index contributed by atoms with van der Waals surface area (Å²) in [5, 5.41) is 2.83. The summed E-state index contributed by atoms with van der Waals surface area (Å²) in [4.78, 5) is 12.6. The molecule has 0 aliphatic rings. The first-order valence-electron chi connectivity index (χ1n) is 10.2. The van der Waals surface area contributed by atoms with E-state index in [0.717, 1.165) is 17.5 Å². The Hall–Kier alpha value is -2.38. The maximum absolute atomic E-state index is 13.3. The van der Waals surface area contributed by atoms with E-state index < -0.39 is 10.0 Å². The van der Waals surface area contributed by atoms with Gasteiger partial charge in [0.2, 0.25) is 15.9 Å². The minimum absolute atomic E-state index is 0.156. The maximum Gasteiger partial charge on any atom is 0.243 e. The van der Waals surface area contributed by atoms with Gasteiger partial charge in [0.15, 0.2) is 0 Å². The zero-order valence-corrected chi connectivity index (χ0v) is 19.0. The van der Waals surface area contributed by atoms with Crippen LogP contribution in [-0.4, -0.2) is 45.4 Å². The van der Waals surface area contributed by atoms with Crippen molar-refractivity contribution in [3.63, 3.8) is 0 Å². The lowest BCUT2D eigenvalue weighted by atomic mass is 10.1. The fourth-order valence-electron chi connectivity index (χ4n) is 3.06. The van der Waals surface area contributed by atoms with E-state index in [1.165, 1.54) is 10.4 Å². The molecule has 0 bridgehead atoms. The number of aryl methyl sites for hydroxylation is 1. The lowest BCUT2D eigenvalue weighted by Crippen LogP contribution is -2.42. The Morgan fingerprint density at radius 1 is 1.13 bits per heavy atom. The highest BCUT2D eigenvalue weighted by atomic mass is 32.2. The summed E-state index contributed by atoms with van der Waals surface area (Å²) in [6.45, 7) is 6.49. The molecule has 7 heteroatoms. The van der Waals surface area contributed by atoms with Crippen LogP contribution in [0.3, 0.4) is 0 Å². The average molecular weight is 433 g/mol. The molecule has 6 nitrogen and oxygen atoms in total. The molecule has 0 saturated carbocycles. The number of carbonyl (C=O) groups is 1. The van der Waals surface area contributed by atoms with Crippen molar-refractivity contribution in [3.05, 3.63) is 59.7 Å². The zero-order valence-electron chi connectivity index (χ0n) is 18.2. The van der Waals surface area contributed by atoms with Crippen LogP contribution in [0.25, 0.3) is 0 Å². The molecule has 2 aromatic carbocycles. The van der Waals surface area contributed by atoms with Gasteiger partial charge in [-0.25, -0.2) is 8.42 Å². The van der Waals surface area contributed by atoms with Gasteiger partial charge in [0, 0.05) is 13.1 Å². The highest BCUT2D eigenvalue weighted by Crippen LogP contribution is 2.24. The normalized spacial score (nSPS) is 11.7. The van der Waals surface area contributed by atoms with Crippen molar-refractivity contribution in [2.24, 2.45) is 5.92 Å². The zero-order chi connectivity index (χ0) is 22.1. The van der Waals surface area contributed by atoms with Gasteiger partial charge in [0.25, 0.3) is 0 Å². The number of nitrogens with one attached hydrogen (secondary N) is 1. The molecule has 164 valence electrons. The minimum Gasteiger partial charge on any atom is -0.496 e. The van der Waals surface area contributed by atoms with Gasteiger partial charge < -0.3 is 10.1 Å². The van der Waals surface area contributed by atoms with E-state index in [-0.39, 0.29) is 23.9 Å². The van der Waals surface area contributed by atoms with Crippen molar-refractivity contribution in [2.75, 3.05) is 26.7 Å². The van der Waals surface area contributed by atoms with Gasteiger partial charge in [-0.05, 0) is 55.0 Å². The summed E-state index contributed by atoms with van der Waals surface area (Å²) in [7, 11) is -2.29. The molecule has 2 aromatic rings. The number of hydrogen-bond acceptors (Lipinski definition) is 4. The van der Waals surface area contributed by atoms with E-state index in [9.17, 15) is 13.2 Å². The molecule has 0 fully saturated rings. The van der Waals surface area contributed by atoms with Crippen LogP contribution in [0.4, 0.5) is 0 Å². The molecule has 1 amide bonds. The largest absolute Gasteiger partial charge is 0.496 e. The molecule has 0 atom stereocenters. The molecule has 30 heavy (non-hydrogen) atoms. The Labute approximate surface area is 180 Å². The molecule has 0 aromatic heterocycles. The molecule has 0 aliphatic heterocycles. The highest BCUT2D eigenvalue weighted by Gasteiger charge is 2.27. The van der Waals surface area contributed by atoms with Crippen LogP contribution in [0.2, 0.25) is 0 Å². The standard InChI is InChI=1S/C23H32N2O4S/c1-18(2)12-14-24-23(26)17-25(15-13-20-8-6-5-7-9-20)30(27,28)21-10-11-22(29-4)19(3)16-21/h5-11,16,18H,12-15,17H2,1-4H3,(H,24,26). The van der Waals surface area contributed by atoms with Crippen LogP contribution in [0.15, 0.2) is 53.4 Å². The Morgan fingerprint density at radius 3 is 2.43 bits per heavy atom. The van der Waals surface area contributed by atoms with E-state index in [1.54, 1.807) is 26.2 Å². The number of sulfonamides is 1. The third-order valence-corrected chi connectivity index (χ3v) is 6.70. The molecule has 0 spiro atoms. The van der Waals surface area contributed by atoms with Crippen molar-refractivity contribution in [3.8, 4) is 5.75 Å². The number of methoxy groups -OCH3 is 1. The Morgan fingerprint density at radius 2 is 1.83 bits per heavy atom. The van der Waals surface area contributed by atoms with Crippen LogP contribution >= 0.6 is 0 Å². The van der Waals surface area contributed by atoms with E-state index in [2.05, 4.69) is 19.2 Å². The Bertz CT molecular complexity index is 927. The number of carbonyl (C=O) groups excluding carboxylic acids is 1. The molecular weight excluding hydrogens is 400 g/mol. The third-order valence-electron chi connectivity index (χ3n) is 4.86. The van der Waals surface area contributed by atoms with Crippen molar-refractivity contribution in [1.82, 2.24) is 9.62 Å². The predicted octanol–water partition coefficient (Wildman–Crippen LogP) is 3.40. The van der Waals surface area contributed by atoms with Gasteiger partial charge >= 0.3 is 0 Å². The molecule has 2 rings (SSSR count). The quantitative estimate of drug-likeness (QED) is 0.590. The second-order valence-corrected chi connectivity index (χ2v) is 9.68. The fourth-order valence-corrected chi connectivity index (χ4v) is 4.54. The summed E-state index contributed by atoms with van der Waals surface area (Å²) in [5.41, 5.74) is 1.74. The van der Waals surface area contributed by atoms with Crippen LogP contribution in [-0.2, 0) is 21.2 Å². The first-order chi connectivity index (χ1) is 14.2. The molecule has 0 radical (unpaired) electrons. The average Bonchev–Trinajstić information content (AvgIpc) is 2.71. The summed E-state index contributed by atoms with van der Waals surface area (Å²) in [6.07, 6.45) is 1.37. The van der Waals surface area contributed by atoms with E-state index >= 15 is 0 Å². The molecule has 0 heterocycles. The fraction of sp³-hybridized carbons (Fsp3) is 0.435. The summed E-state index contributed by atoms with van der Waals surface area (Å²) in [6, 6.07) is 14.4. The van der Waals surface area contributed by atoms with Gasteiger partial charge in [0.1, 0.15) is 5.75 Å². The topological polar surface area (TPSA) is 75.7 Å². The number of ether oxygens (including phenoxy) is 1. The Balaban J connectivity index is 2.21. The second-order valence-electron chi connectivity index (χ2n) is 7.74. The summed E-state index contributed by atoms with van der Waals surface area (Å²) >= 11 is 0. The smallest absolute Gasteiger partial charge is 0.243 e.